The van der Waals surface area contributed by atoms with E-state index in [-0.39, 0.29) is 35.2 Å². The monoisotopic (exact) mass is 459 g/mol. The fraction of sp³-hybridized carbons (Fsp3) is 0.381. The van der Waals surface area contributed by atoms with E-state index in [4.69, 9.17) is 5.73 Å². The highest BCUT2D eigenvalue weighted by Gasteiger charge is 2.64. The van der Waals surface area contributed by atoms with Crippen LogP contribution in [0.15, 0.2) is 29.0 Å². The summed E-state index contributed by atoms with van der Waals surface area (Å²) in [6, 6.07) is 0.859. The molecule has 3 aliphatic rings. The average molecular weight is 459 g/mol. The predicted octanol–water partition coefficient (Wildman–Crippen LogP) is -0.128. The normalized spacial score (nSPS) is 29.0. The molecule has 0 aliphatic heterocycles. The lowest BCUT2D eigenvalue weighted by molar-refractivity contribution is -0.385. The zero-order chi connectivity index (χ0) is 24.6. The van der Waals surface area contributed by atoms with Gasteiger partial charge in [-0.1, -0.05) is 0 Å². The molecule has 33 heavy (non-hydrogen) atoms. The third-order valence-corrected chi connectivity index (χ3v) is 6.78. The van der Waals surface area contributed by atoms with Crippen LogP contribution in [0.2, 0.25) is 0 Å². The summed E-state index contributed by atoms with van der Waals surface area (Å²) < 4.78 is 0. The number of ketones is 2. The van der Waals surface area contributed by atoms with Crippen molar-refractivity contribution in [2.24, 2.45) is 17.6 Å². The van der Waals surface area contributed by atoms with Crippen molar-refractivity contribution in [3.05, 3.63) is 50.3 Å². The van der Waals surface area contributed by atoms with Crippen LogP contribution in [0, 0.1) is 22.0 Å². The maximum absolute atomic E-state index is 13.6. The zero-order valence-corrected chi connectivity index (χ0v) is 17.6. The van der Waals surface area contributed by atoms with Gasteiger partial charge in [0.05, 0.1) is 16.5 Å². The molecule has 3 aliphatic carbocycles. The highest BCUT2D eigenvalue weighted by molar-refractivity contribution is 6.24. The number of amides is 1. The molecule has 6 N–H and O–H groups in total. The quantitative estimate of drug-likeness (QED) is 0.230. The molecule has 1 saturated carbocycles. The van der Waals surface area contributed by atoms with Gasteiger partial charge in [0, 0.05) is 23.1 Å². The minimum atomic E-state index is -2.75. The van der Waals surface area contributed by atoms with E-state index in [0.717, 1.165) is 12.1 Å². The number of likely N-dealkylation sites (N-methyl/N-ethyl adjacent to an activating group) is 1. The number of nitrogens with two attached hydrogens (primary N) is 1. The van der Waals surface area contributed by atoms with Gasteiger partial charge < -0.3 is 26.2 Å². The Labute approximate surface area is 186 Å². The van der Waals surface area contributed by atoms with Crippen molar-refractivity contribution in [3.8, 4) is 5.75 Å². The van der Waals surface area contributed by atoms with E-state index >= 15 is 0 Å². The van der Waals surface area contributed by atoms with Crippen LogP contribution >= 0.6 is 0 Å². The Hall–Kier alpha value is -3.77. The highest BCUT2D eigenvalue weighted by Crippen LogP contribution is 2.53. The molecule has 1 aromatic carbocycles. The van der Waals surface area contributed by atoms with Gasteiger partial charge in [-0.25, -0.2) is 0 Å². The molecule has 4 atom stereocenters. The number of aliphatic hydroxyl groups excluding tert-OH is 2. The van der Waals surface area contributed by atoms with Crippen molar-refractivity contribution in [1.82, 2.24) is 4.90 Å². The standard InChI is InChI=1S/C21H21N3O9/c1-23(2)15-9-6-7-5-8-10(24(32)33)3-4-11(25)13(8)16(26)12(7)18(28)21(9,31)19(29)14(17(15)27)20(22)30/h3-4,7,9,15,25-26,29,31H,5-6H2,1-2H3,(H2,22,30)/t7-,9+,15+,21-/m1/s1. The third kappa shape index (κ3) is 2.80. The van der Waals surface area contributed by atoms with E-state index in [1.807, 2.05) is 0 Å². The van der Waals surface area contributed by atoms with Crippen LogP contribution in [0.1, 0.15) is 17.5 Å². The van der Waals surface area contributed by atoms with Gasteiger partial charge in [0.1, 0.15) is 22.8 Å². The van der Waals surface area contributed by atoms with Crippen molar-refractivity contribution in [3.63, 3.8) is 0 Å². The number of hydrogen-bond donors (Lipinski definition) is 5. The first-order chi connectivity index (χ1) is 15.3. The first-order valence-corrected chi connectivity index (χ1v) is 9.98. The number of hydrogen-bond acceptors (Lipinski definition) is 10. The Kier molecular flexibility index (Phi) is 4.84. The Morgan fingerprint density at radius 2 is 1.88 bits per heavy atom. The van der Waals surface area contributed by atoms with Crippen molar-refractivity contribution in [2.45, 2.75) is 24.5 Å². The number of carbonyl (C=O) groups is 3. The van der Waals surface area contributed by atoms with Crippen LogP contribution in [0.5, 0.6) is 5.75 Å². The minimum Gasteiger partial charge on any atom is -0.508 e. The molecule has 0 aromatic heterocycles. The molecule has 0 spiro atoms. The number of phenolic OH excluding ortho intramolecular Hbond substituents is 1. The maximum atomic E-state index is 13.6. The maximum Gasteiger partial charge on any atom is 0.273 e. The number of fused-ring (bicyclic) bond motifs is 3. The molecule has 174 valence electrons. The lowest BCUT2D eigenvalue weighted by atomic mass is 9.57. The third-order valence-electron chi connectivity index (χ3n) is 6.78. The van der Waals surface area contributed by atoms with Crippen molar-refractivity contribution < 1.29 is 39.7 Å². The SMILES string of the molecule is CN(C)[C@@H]1C(=O)C(C(N)=O)=C(O)[C@]2(O)C(=O)C3=C(O)c4c(O)ccc([N+](=O)[O-])c4C[C@@H]3C[C@@H]12. The van der Waals surface area contributed by atoms with Crippen molar-refractivity contribution in [1.29, 1.82) is 0 Å². The van der Waals surface area contributed by atoms with Gasteiger partial charge >= 0.3 is 0 Å². The van der Waals surface area contributed by atoms with Crippen molar-refractivity contribution >= 4 is 28.9 Å². The first-order valence-electron chi connectivity index (χ1n) is 9.98. The number of aliphatic hydroxyl groups is 3. The number of nitrogens with zero attached hydrogens (tertiary/aromatic N) is 2. The summed E-state index contributed by atoms with van der Waals surface area (Å²) in [5, 5.41) is 54.8. The van der Waals surface area contributed by atoms with Crippen LogP contribution in [0.3, 0.4) is 0 Å². The summed E-state index contributed by atoms with van der Waals surface area (Å²) in [5.41, 5.74) is 0.543. The number of Topliss-reactive ketones (excluding diaryl/α,β-unsaturated/α-hetero) is 2. The van der Waals surface area contributed by atoms with Gasteiger partial charge in [-0.3, -0.25) is 29.4 Å². The second-order valence-corrected chi connectivity index (χ2v) is 8.68. The second kappa shape index (κ2) is 7.12. The fourth-order valence-corrected chi connectivity index (χ4v) is 5.40. The summed E-state index contributed by atoms with van der Waals surface area (Å²) in [7, 11) is 2.96. The molecule has 12 nitrogen and oxygen atoms in total. The van der Waals surface area contributed by atoms with Gasteiger partial charge in [0.2, 0.25) is 5.78 Å². The van der Waals surface area contributed by atoms with Crippen LogP contribution < -0.4 is 5.73 Å². The number of aromatic hydroxyl groups is 1. The van der Waals surface area contributed by atoms with Crippen LogP contribution in [-0.2, 0) is 20.8 Å². The molecule has 1 fully saturated rings. The average Bonchev–Trinajstić information content (AvgIpc) is 2.70. The van der Waals surface area contributed by atoms with Crippen molar-refractivity contribution in [2.75, 3.05) is 14.1 Å². The van der Waals surface area contributed by atoms with Crippen LogP contribution in [0.4, 0.5) is 5.69 Å². The van der Waals surface area contributed by atoms with E-state index in [9.17, 15) is 44.9 Å². The number of nitro benzene ring substituents is 1. The molecule has 12 heteroatoms. The lowest BCUT2D eigenvalue weighted by Crippen LogP contribution is -2.65. The molecule has 0 saturated heterocycles. The molecule has 0 radical (unpaired) electrons. The van der Waals surface area contributed by atoms with E-state index in [0.29, 0.717) is 0 Å². The summed E-state index contributed by atoms with van der Waals surface area (Å²) >= 11 is 0. The van der Waals surface area contributed by atoms with Gasteiger partial charge in [-0.15, -0.1) is 0 Å². The minimum absolute atomic E-state index is 0.00520. The largest absolute Gasteiger partial charge is 0.508 e. The fourth-order valence-electron chi connectivity index (χ4n) is 5.40. The number of phenols is 1. The van der Waals surface area contributed by atoms with Crippen LogP contribution in [0.25, 0.3) is 5.76 Å². The summed E-state index contributed by atoms with van der Waals surface area (Å²) in [6.07, 6.45) is -0.280. The first kappa shape index (κ1) is 22.4. The molecule has 0 heterocycles. The molecule has 4 rings (SSSR count). The number of nitro groups is 1. The Morgan fingerprint density at radius 3 is 2.42 bits per heavy atom. The molecular formula is C21H21N3O9. The summed E-state index contributed by atoms with van der Waals surface area (Å²) in [4.78, 5) is 50.6. The van der Waals surface area contributed by atoms with Gasteiger partial charge in [0.25, 0.3) is 11.6 Å². The van der Waals surface area contributed by atoms with E-state index in [2.05, 4.69) is 0 Å². The zero-order valence-electron chi connectivity index (χ0n) is 17.6. The van der Waals surface area contributed by atoms with E-state index in [1.165, 1.54) is 19.0 Å². The number of benzene rings is 1. The molecule has 1 amide bonds. The summed E-state index contributed by atoms with van der Waals surface area (Å²) in [6.45, 7) is 0. The van der Waals surface area contributed by atoms with Crippen LogP contribution in [-0.4, -0.2) is 73.5 Å². The van der Waals surface area contributed by atoms with Gasteiger partial charge in [-0.05, 0) is 38.9 Å². The van der Waals surface area contributed by atoms with E-state index < -0.39 is 68.7 Å². The number of rotatable bonds is 3. The lowest BCUT2D eigenvalue weighted by Gasteiger charge is -2.50. The highest BCUT2D eigenvalue weighted by atomic mass is 16.6. The number of carbonyl (C=O) groups excluding carboxylic acids is 3. The smallest absolute Gasteiger partial charge is 0.273 e. The molecule has 0 unspecified atom stereocenters. The van der Waals surface area contributed by atoms with E-state index in [1.54, 1.807) is 0 Å². The Morgan fingerprint density at radius 1 is 1.24 bits per heavy atom. The summed E-state index contributed by atoms with van der Waals surface area (Å²) in [5.74, 6) is -7.96. The molecular weight excluding hydrogens is 438 g/mol. The predicted molar refractivity (Wildman–Crippen MR) is 111 cm³/mol. The Bertz CT molecular complexity index is 1220. The molecule has 1 aromatic rings. The molecule has 0 bridgehead atoms. The van der Waals surface area contributed by atoms with Gasteiger partial charge in [0.15, 0.2) is 11.4 Å². The number of primary amides is 1. The topological polar surface area (TPSA) is 205 Å². The Balaban J connectivity index is 2.00. The van der Waals surface area contributed by atoms with Gasteiger partial charge in [-0.2, -0.15) is 0 Å². The second-order valence-electron chi connectivity index (χ2n) is 8.68.